The number of rotatable bonds is 5. The normalized spacial score (nSPS) is 10.8. The first-order chi connectivity index (χ1) is 8.47. The van der Waals surface area contributed by atoms with Crippen LogP contribution in [0, 0.1) is 3.57 Å². The summed E-state index contributed by atoms with van der Waals surface area (Å²) in [6, 6.07) is 6.02. The molecular formula is C13H16Br2INO. The number of carbonyl (C=O) groups is 1. The van der Waals surface area contributed by atoms with Crippen molar-refractivity contribution >= 4 is 60.4 Å². The highest BCUT2D eigenvalue weighted by molar-refractivity contribution is 14.1. The lowest BCUT2D eigenvalue weighted by atomic mass is 10.1. The van der Waals surface area contributed by atoms with E-state index in [-0.39, 0.29) is 11.9 Å². The molecule has 0 N–H and O–H groups in total. The highest BCUT2D eigenvalue weighted by Gasteiger charge is 2.20. The highest BCUT2D eigenvalue weighted by atomic mass is 127. The van der Waals surface area contributed by atoms with Crippen LogP contribution in [-0.2, 0) is 0 Å². The van der Waals surface area contributed by atoms with Gasteiger partial charge in [0.25, 0.3) is 5.91 Å². The third kappa shape index (κ3) is 4.49. The van der Waals surface area contributed by atoms with Gasteiger partial charge in [-0.05, 0) is 61.1 Å². The van der Waals surface area contributed by atoms with E-state index in [1.807, 2.05) is 23.1 Å². The van der Waals surface area contributed by atoms with E-state index in [0.717, 1.165) is 31.9 Å². The number of nitrogens with zero attached hydrogens (tertiary/aromatic N) is 1. The molecule has 0 heterocycles. The van der Waals surface area contributed by atoms with Gasteiger partial charge < -0.3 is 4.90 Å². The molecule has 0 saturated heterocycles. The van der Waals surface area contributed by atoms with Gasteiger partial charge in [0.2, 0.25) is 0 Å². The minimum absolute atomic E-state index is 0.108. The van der Waals surface area contributed by atoms with Crippen LogP contribution >= 0.6 is 54.5 Å². The van der Waals surface area contributed by atoms with Crippen LogP contribution in [0.5, 0.6) is 0 Å². The fraction of sp³-hybridized carbons (Fsp3) is 0.462. The molecule has 18 heavy (non-hydrogen) atoms. The lowest BCUT2D eigenvalue weighted by Gasteiger charge is -2.27. The van der Waals surface area contributed by atoms with Crippen LogP contribution in [0.15, 0.2) is 22.7 Å². The molecule has 0 aliphatic carbocycles. The van der Waals surface area contributed by atoms with Gasteiger partial charge in [-0.3, -0.25) is 4.79 Å². The van der Waals surface area contributed by atoms with Crippen molar-refractivity contribution in [2.45, 2.75) is 26.3 Å². The SMILES string of the molecule is CC(C)N(CCCBr)C(=O)c1cc(Br)ccc1I. The van der Waals surface area contributed by atoms with E-state index in [1.165, 1.54) is 0 Å². The number of halogens is 3. The summed E-state index contributed by atoms with van der Waals surface area (Å²) >= 11 is 9.04. The zero-order valence-electron chi connectivity index (χ0n) is 10.4. The van der Waals surface area contributed by atoms with E-state index in [0.29, 0.717) is 0 Å². The maximum atomic E-state index is 12.6. The van der Waals surface area contributed by atoms with Gasteiger partial charge in [0, 0.05) is 26.0 Å². The second kappa shape index (κ2) is 7.85. The molecule has 0 spiro atoms. The molecule has 0 radical (unpaired) electrons. The summed E-state index contributed by atoms with van der Waals surface area (Å²) in [5.41, 5.74) is 0.772. The maximum absolute atomic E-state index is 12.6. The maximum Gasteiger partial charge on any atom is 0.255 e. The topological polar surface area (TPSA) is 20.3 Å². The van der Waals surface area contributed by atoms with E-state index < -0.39 is 0 Å². The van der Waals surface area contributed by atoms with Crippen molar-refractivity contribution in [3.63, 3.8) is 0 Å². The molecule has 1 aromatic rings. The summed E-state index contributed by atoms with van der Waals surface area (Å²) in [5, 5.41) is 0.916. The summed E-state index contributed by atoms with van der Waals surface area (Å²) < 4.78 is 1.93. The van der Waals surface area contributed by atoms with Crippen molar-refractivity contribution in [2.75, 3.05) is 11.9 Å². The summed E-state index contributed by atoms with van der Waals surface area (Å²) in [7, 11) is 0. The predicted octanol–water partition coefficient (Wildman–Crippen LogP) is 4.69. The lowest BCUT2D eigenvalue weighted by molar-refractivity contribution is 0.0705. The van der Waals surface area contributed by atoms with Crippen LogP contribution in [0.25, 0.3) is 0 Å². The lowest BCUT2D eigenvalue weighted by Crippen LogP contribution is -2.38. The molecular weight excluding hydrogens is 473 g/mol. The Balaban J connectivity index is 2.98. The summed E-state index contributed by atoms with van der Waals surface area (Å²) in [4.78, 5) is 14.5. The van der Waals surface area contributed by atoms with Crippen LogP contribution in [0.4, 0.5) is 0 Å². The van der Waals surface area contributed by atoms with Crippen LogP contribution in [0.3, 0.4) is 0 Å². The number of amides is 1. The molecule has 0 atom stereocenters. The van der Waals surface area contributed by atoms with Crippen LogP contribution in [-0.4, -0.2) is 28.7 Å². The van der Waals surface area contributed by atoms with E-state index in [2.05, 4.69) is 68.3 Å². The molecule has 2 nitrogen and oxygen atoms in total. The fourth-order valence-corrected chi connectivity index (χ4v) is 2.82. The Bertz CT molecular complexity index is 423. The van der Waals surface area contributed by atoms with Crippen molar-refractivity contribution in [3.05, 3.63) is 31.8 Å². The minimum atomic E-state index is 0.108. The molecule has 0 fully saturated rings. The predicted molar refractivity (Wildman–Crippen MR) is 91.4 cm³/mol. The smallest absolute Gasteiger partial charge is 0.255 e. The van der Waals surface area contributed by atoms with Crippen molar-refractivity contribution in [3.8, 4) is 0 Å². The van der Waals surface area contributed by atoms with Gasteiger partial charge in [-0.2, -0.15) is 0 Å². The van der Waals surface area contributed by atoms with Crippen molar-refractivity contribution in [2.24, 2.45) is 0 Å². The van der Waals surface area contributed by atoms with Gasteiger partial charge in [0.1, 0.15) is 0 Å². The summed E-state index contributed by atoms with van der Waals surface area (Å²) in [5.74, 6) is 0.108. The Morgan fingerprint density at radius 3 is 2.67 bits per heavy atom. The first-order valence-corrected chi connectivity index (χ1v) is 8.78. The molecule has 1 rings (SSSR count). The average molecular weight is 489 g/mol. The van der Waals surface area contributed by atoms with E-state index in [4.69, 9.17) is 0 Å². The van der Waals surface area contributed by atoms with E-state index in [9.17, 15) is 4.79 Å². The third-order valence-corrected chi connectivity index (χ3v) is 4.57. The van der Waals surface area contributed by atoms with Crippen LogP contribution < -0.4 is 0 Å². The molecule has 0 bridgehead atoms. The average Bonchev–Trinajstić information content (AvgIpc) is 2.32. The van der Waals surface area contributed by atoms with Gasteiger partial charge in [-0.25, -0.2) is 0 Å². The summed E-state index contributed by atoms with van der Waals surface area (Å²) in [6.07, 6.45) is 0.967. The number of benzene rings is 1. The number of alkyl halides is 1. The Morgan fingerprint density at radius 1 is 1.44 bits per heavy atom. The molecule has 5 heteroatoms. The van der Waals surface area contributed by atoms with Gasteiger partial charge >= 0.3 is 0 Å². The highest BCUT2D eigenvalue weighted by Crippen LogP contribution is 2.21. The Hall–Kier alpha value is 0.380. The second-order valence-electron chi connectivity index (χ2n) is 4.26. The zero-order valence-corrected chi connectivity index (χ0v) is 15.7. The molecule has 0 aromatic heterocycles. The molecule has 0 saturated carbocycles. The first-order valence-electron chi connectivity index (χ1n) is 5.79. The molecule has 100 valence electrons. The number of carbonyl (C=O) groups excluding carboxylic acids is 1. The fourth-order valence-electron chi connectivity index (χ4n) is 1.64. The number of hydrogen-bond acceptors (Lipinski definition) is 1. The van der Waals surface area contributed by atoms with Crippen LogP contribution in [0.1, 0.15) is 30.6 Å². The van der Waals surface area contributed by atoms with Gasteiger partial charge in [-0.15, -0.1) is 0 Å². The van der Waals surface area contributed by atoms with Crippen LogP contribution in [0.2, 0.25) is 0 Å². The molecule has 1 amide bonds. The Morgan fingerprint density at radius 2 is 2.11 bits per heavy atom. The van der Waals surface area contributed by atoms with E-state index >= 15 is 0 Å². The minimum Gasteiger partial charge on any atom is -0.336 e. The molecule has 1 aromatic carbocycles. The Labute approximate surface area is 139 Å². The Kier molecular flexibility index (Phi) is 7.16. The van der Waals surface area contributed by atoms with Gasteiger partial charge in [0.05, 0.1) is 5.56 Å². The molecule has 0 aliphatic rings. The van der Waals surface area contributed by atoms with Crippen molar-refractivity contribution in [1.82, 2.24) is 4.90 Å². The quantitative estimate of drug-likeness (QED) is 0.435. The van der Waals surface area contributed by atoms with Gasteiger partial charge in [0.15, 0.2) is 0 Å². The summed E-state index contributed by atoms with van der Waals surface area (Å²) in [6.45, 7) is 4.89. The standard InChI is InChI=1S/C13H16Br2INO/c1-9(2)17(7-3-6-14)13(18)11-8-10(15)4-5-12(11)16/h4-5,8-9H,3,6-7H2,1-2H3. The first kappa shape index (κ1) is 16.4. The second-order valence-corrected chi connectivity index (χ2v) is 7.13. The van der Waals surface area contributed by atoms with Crippen molar-refractivity contribution in [1.29, 1.82) is 0 Å². The van der Waals surface area contributed by atoms with E-state index in [1.54, 1.807) is 0 Å². The molecule has 0 aliphatic heterocycles. The van der Waals surface area contributed by atoms with Crippen molar-refractivity contribution < 1.29 is 4.79 Å². The monoisotopic (exact) mass is 487 g/mol. The molecule has 0 unspecified atom stereocenters. The van der Waals surface area contributed by atoms with Gasteiger partial charge in [-0.1, -0.05) is 31.9 Å². The number of hydrogen-bond donors (Lipinski definition) is 0. The largest absolute Gasteiger partial charge is 0.336 e. The zero-order chi connectivity index (χ0) is 13.7. The third-order valence-electron chi connectivity index (χ3n) is 2.58.